The van der Waals surface area contributed by atoms with Crippen molar-refractivity contribution >= 4 is 35.5 Å². The van der Waals surface area contributed by atoms with Crippen LogP contribution in [0.25, 0.3) is 0 Å². The Kier molecular flexibility index (Phi) is 13.9. The Morgan fingerprint density at radius 3 is 1.79 bits per heavy atom. The van der Waals surface area contributed by atoms with Gasteiger partial charge in [0.15, 0.2) is 0 Å². The standard InChI is InChI=1S/C18H33N7O8/c19-6-2-1-3-10(23-15(29)9(20)8-26)16(30)25-12(7-14(22)28)17(31)24-11(18(32)33)4-5-13(21)27/h9-12,26H,1-8,19-20H2,(H2,21,27)(H2,22,28)(H,23,29)(H,24,31)(H,25,30)(H,32,33). The highest BCUT2D eigenvalue weighted by Gasteiger charge is 2.31. The molecule has 0 aromatic rings. The number of aliphatic hydroxyl groups excluding tert-OH is 1. The minimum absolute atomic E-state index is 0.105. The van der Waals surface area contributed by atoms with Crippen LogP contribution in [0.15, 0.2) is 0 Å². The van der Waals surface area contributed by atoms with Crippen molar-refractivity contribution in [3.8, 4) is 0 Å². The van der Waals surface area contributed by atoms with Crippen molar-refractivity contribution in [1.82, 2.24) is 16.0 Å². The van der Waals surface area contributed by atoms with Crippen molar-refractivity contribution in [3.05, 3.63) is 0 Å². The molecule has 188 valence electrons. The van der Waals surface area contributed by atoms with Crippen molar-refractivity contribution in [1.29, 1.82) is 0 Å². The summed E-state index contributed by atoms with van der Waals surface area (Å²) < 4.78 is 0. The van der Waals surface area contributed by atoms with E-state index in [0.29, 0.717) is 19.4 Å². The highest BCUT2D eigenvalue weighted by Crippen LogP contribution is 2.05. The van der Waals surface area contributed by atoms with E-state index in [0.717, 1.165) is 0 Å². The lowest BCUT2D eigenvalue weighted by Crippen LogP contribution is -2.58. The maximum atomic E-state index is 12.7. The van der Waals surface area contributed by atoms with Gasteiger partial charge in [-0.3, -0.25) is 24.0 Å². The first-order chi connectivity index (χ1) is 15.4. The highest BCUT2D eigenvalue weighted by atomic mass is 16.4. The van der Waals surface area contributed by atoms with Gasteiger partial charge < -0.3 is 49.1 Å². The third kappa shape index (κ3) is 12.4. The molecule has 0 radical (unpaired) electrons. The molecule has 0 saturated carbocycles. The van der Waals surface area contributed by atoms with E-state index in [9.17, 15) is 33.9 Å². The van der Waals surface area contributed by atoms with Crippen LogP contribution in [0, 0.1) is 0 Å². The Morgan fingerprint density at radius 1 is 0.758 bits per heavy atom. The molecule has 0 rings (SSSR count). The van der Waals surface area contributed by atoms with Crippen LogP contribution in [0.4, 0.5) is 0 Å². The quantitative estimate of drug-likeness (QED) is 0.0903. The van der Waals surface area contributed by atoms with Crippen LogP contribution in [0.1, 0.15) is 38.5 Å². The summed E-state index contributed by atoms with van der Waals surface area (Å²) in [6.07, 6.45) is -0.260. The lowest BCUT2D eigenvalue weighted by molar-refractivity contribution is -0.142. The molecule has 0 aromatic heterocycles. The molecule has 0 spiro atoms. The molecule has 4 atom stereocenters. The first-order valence-corrected chi connectivity index (χ1v) is 10.2. The summed E-state index contributed by atoms with van der Waals surface area (Å²) >= 11 is 0. The zero-order valence-electron chi connectivity index (χ0n) is 18.1. The highest BCUT2D eigenvalue weighted by molar-refractivity contribution is 5.96. The number of carboxylic acids is 1. The smallest absolute Gasteiger partial charge is 0.326 e. The fraction of sp³-hybridized carbons (Fsp3) is 0.667. The number of carbonyl (C=O) groups excluding carboxylic acids is 5. The molecule has 0 fully saturated rings. The summed E-state index contributed by atoms with van der Waals surface area (Å²) in [5, 5.41) is 25.0. The number of aliphatic carboxylic acids is 1. The van der Waals surface area contributed by atoms with Gasteiger partial charge in [0.05, 0.1) is 13.0 Å². The van der Waals surface area contributed by atoms with Gasteiger partial charge in [-0.2, -0.15) is 0 Å². The van der Waals surface area contributed by atoms with Crippen molar-refractivity contribution in [2.24, 2.45) is 22.9 Å². The van der Waals surface area contributed by atoms with E-state index in [1.165, 1.54) is 0 Å². The van der Waals surface area contributed by atoms with Gasteiger partial charge in [0, 0.05) is 6.42 Å². The van der Waals surface area contributed by atoms with Crippen molar-refractivity contribution in [2.75, 3.05) is 13.2 Å². The number of amides is 5. The summed E-state index contributed by atoms with van der Waals surface area (Å²) in [5.41, 5.74) is 21.0. The number of rotatable bonds is 17. The predicted molar refractivity (Wildman–Crippen MR) is 114 cm³/mol. The molecule has 13 N–H and O–H groups in total. The Hall–Kier alpha value is -3.30. The molecule has 4 unspecified atom stereocenters. The summed E-state index contributed by atoms with van der Waals surface area (Å²) in [6.45, 7) is -0.343. The number of nitrogens with one attached hydrogen (secondary N) is 3. The SMILES string of the molecule is NCCCCC(NC(=O)C(N)CO)C(=O)NC(CC(N)=O)C(=O)NC(CCC(N)=O)C(=O)O. The molecule has 0 aliphatic heterocycles. The van der Waals surface area contributed by atoms with Gasteiger partial charge in [-0.05, 0) is 32.2 Å². The molecule has 0 aromatic carbocycles. The second kappa shape index (κ2) is 15.5. The number of aliphatic hydroxyl groups is 1. The first kappa shape index (κ1) is 29.7. The predicted octanol–water partition coefficient (Wildman–Crippen LogP) is -4.89. The van der Waals surface area contributed by atoms with Crippen LogP contribution in [0.3, 0.4) is 0 Å². The van der Waals surface area contributed by atoms with Crippen LogP contribution in [-0.4, -0.2) is 83.0 Å². The molecule has 33 heavy (non-hydrogen) atoms. The average molecular weight is 476 g/mol. The Morgan fingerprint density at radius 2 is 1.30 bits per heavy atom. The van der Waals surface area contributed by atoms with E-state index in [2.05, 4.69) is 16.0 Å². The molecule has 5 amide bonds. The minimum atomic E-state index is -1.56. The van der Waals surface area contributed by atoms with Crippen LogP contribution in [0.2, 0.25) is 0 Å². The van der Waals surface area contributed by atoms with Crippen molar-refractivity contribution in [3.63, 3.8) is 0 Å². The van der Waals surface area contributed by atoms with E-state index in [1.54, 1.807) is 0 Å². The second-order valence-electron chi connectivity index (χ2n) is 7.27. The van der Waals surface area contributed by atoms with Crippen LogP contribution < -0.4 is 38.9 Å². The number of unbranched alkanes of at least 4 members (excludes halogenated alkanes) is 1. The van der Waals surface area contributed by atoms with Gasteiger partial charge in [0.1, 0.15) is 24.2 Å². The molecule has 0 heterocycles. The second-order valence-corrected chi connectivity index (χ2v) is 7.27. The van der Waals surface area contributed by atoms with E-state index >= 15 is 0 Å². The molecular weight excluding hydrogens is 442 g/mol. The normalized spacial score (nSPS) is 14.3. The van der Waals surface area contributed by atoms with E-state index in [1.807, 2.05) is 0 Å². The molecular formula is C18H33N7O8. The molecule has 0 aliphatic rings. The van der Waals surface area contributed by atoms with Crippen LogP contribution in [-0.2, 0) is 28.8 Å². The Balaban J connectivity index is 5.47. The summed E-state index contributed by atoms with van der Waals surface area (Å²) in [4.78, 5) is 71.0. The van der Waals surface area contributed by atoms with Gasteiger partial charge in [-0.15, -0.1) is 0 Å². The van der Waals surface area contributed by atoms with Gasteiger partial charge in [0.2, 0.25) is 29.5 Å². The van der Waals surface area contributed by atoms with Crippen LogP contribution in [0.5, 0.6) is 0 Å². The number of nitrogens with two attached hydrogens (primary N) is 4. The summed E-state index contributed by atoms with van der Waals surface area (Å²) in [5.74, 6) is -5.94. The average Bonchev–Trinajstić information content (AvgIpc) is 2.73. The van der Waals surface area contributed by atoms with Gasteiger partial charge in [0.25, 0.3) is 0 Å². The minimum Gasteiger partial charge on any atom is -0.480 e. The summed E-state index contributed by atoms with van der Waals surface area (Å²) in [6, 6.07) is -5.55. The topological polar surface area (TPSA) is 283 Å². The molecule has 15 heteroatoms. The lowest BCUT2D eigenvalue weighted by atomic mass is 10.1. The third-order valence-electron chi connectivity index (χ3n) is 4.45. The van der Waals surface area contributed by atoms with Crippen molar-refractivity contribution in [2.45, 2.75) is 62.7 Å². The molecule has 15 nitrogen and oxygen atoms in total. The lowest BCUT2D eigenvalue weighted by Gasteiger charge is -2.24. The number of carbonyl (C=O) groups is 6. The molecule has 0 aliphatic carbocycles. The van der Waals surface area contributed by atoms with E-state index in [-0.39, 0.29) is 19.3 Å². The van der Waals surface area contributed by atoms with E-state index < -0.39 is 72.7 Å². The molecule has 0 saturated heterocycles. The monoisotopic (exact) mass is 475 g/mol. The first-order valence-electron chi connectivity index (χ1n) is 10.2. The Labute approximate surface area is 190 Å². The number of primary amides is 2. The maximum absolute atomic E-state index is 12.7. The van der Waals surface area contributed by atoms with Crippen LogP contribution >= 0.6 is 0 Å². The third-order valence-corrected chi connectivity index (χ3v) is 4.45. The zero-order chi connectivity index (χ0) is 25.6. The van der Waals surface area contributed by atoms with Gasteiger partial charge in [-0.1, -0.05) is 0 Å². The van der Waals surface area contributed by atoms with E-state index in [4.69, 9.17) is 28.0 Å². The zero-order valence-corrected chi connectivity index (χ0v) is 18.1. The van der Waals surface area contributed by atoms with Gasteiger partial charge in [-0.25, -0.2) is 4.79 Å². The van der Waals surface area contributed by atoms with Gasteiger partial charge >= 0.3 is 5.97 Å². The van der Waals surface area contributed by atoms with Crippen molar-refractivity contribution < 1.29 is 39.0 Å². The number of carboxylic acid groups (broad SMARTS) is 1. The maximum Gasteiger partial charge on any atom is 0.326 e. The Bertz CT molecular complexity index is 718. The number of hydrogen-bond acceptors (Lipinski definition) is 9. The number of hydrogen-bond donors (Lipinski definition) is 9. The molecule has 0 bridgehead atoms. The summed E-state index contributed by atoms with van der Waals surface area (Å²) in [7, 11) is 0. The fourth-order valence-electron chi connectivity index (χ4n) is 2.62. The largest absolute Gasteiger partial charge is 0.480 e. The fourth-order valence-corrected chi connectivity index (χ4v) is 2.62.